The molecule has 1 aliphatic heterocycles. The van der Waals surface area contributed by atoms with Crippen molar-refractivity contribution in [2.45, 2.75) is 25.1 Å². The van der Waals surface area contributed by atoms with Crippen LogP contribution in [-0.2, 0) is 6.18 Å². The van der Waals surface area contributed by atoms with Gasteiger partial charge in [0.25, 0.3) is 0 Å². The SMILES string of the molecule is COc1cc(C2CCCN2)c(O)c(C(F)(F)F)c1. The monoisotopic (exact) mass is 261 g/mol. The number of halogens is 3. The molecule has 6 heteroatoms. The fourth-order valence-corrected chi connectivity index (χ4v) is 2.18. The first-order chi connectivity index (χ1) is 8.43. The topological polar surface area (TPSA) is 41.5 Å². The summed E-state index contributed by atoms with van der Waals surface area (Å²) >= 11 is 0. The van der Waals surface area contributed by atoms with Crippen LogP contribution in [0.5, 0.6) is 11.5 Å². The highest BCUT2D eigenvalue weighted by Crippen LogP contribution is 2.43. The Morgan fingerprint density at radius 2 is 2.11 bits per heavy atom. The van der Waals surface area contributed by atoms with E-state index in [-0.39, 0.29) is 17.4 Å². The summed E-state index contributed by atoms with van der Waals surface area (Å²) in [5.74, 6) is -0.605. The van der Waals surface area contributed by atoms with Crippen LogP contribution in [-0.4, -0.2) is 18.8 Å². The minimum atomic E-state index is -4.59. The molecule has 3 nitrogen and oxygen atoms in total. The molecule has 1 unspecified atom stereocenters. The molecule has 1 saturated heterocycles. The molecule has 1 atom stereocenters. The van der Waals surface area contributed by atoms with Gasteiger partial charge in [-0.2, -0.15) is 13.2 Å². The summed E-state index contributed by atoms with van der Waals surface area (Å²) < 4.78 is 43.3. The first kappa shape index (κ1) is 13.0. The summed E-state index contributed by atoms with van der Waals surface area (Å²) in [6.07, 6.45) is -3.01. The Bertz CT molecular complexity index is 440. The summed E-state index contributed by atoms with van der Waals surface area (Å²) in [5.41, 5.74) is -0.801. The third kappa shape index (κ3) is 2.38. The minimum Gasteiger partial charge on any atom is -0.507 e. The molecule has 18 heavy (non-hydrogen) atoms. The van der Waals surface area contributed by atoms with Crippen LogP contribution in [0.1, 0.15) is 30.0 Å². The molecule has 1 aliphatic rings. The number of hydrogen-bond acceptors (Lipinski definition) is 3. The second-order valence-corrected chi connectivity index (χ2v) is 4.26. The third-order valence-corrected chi connectivity index (χ3v) is 3.09. The van der Waals surface area contributed by atoms with Gasteiger partial charge in [0.05, 0.1) is 7.11 Å². The molecule has 1 aromatic carbocycles. The molecule has 1 fully saturated rings. The average molecular weight is 261 g/mol. The lowest BCUT2D eigenvalue weighted by molar-refractivity contribution is -0.138. The Labute approximate surface area is 103 Å². The average Bonchev–Trinajstić information content (AvgIpc) is 2.81. The van der Waals surface area contributed by atoms with E-state index in [1.165, 1.54) is 13.2 Å². The number of aromatic hydroxyl groups is 1. The van der Waals surface area contributed by atoms with Gasteiger partial charge in [-0.25, -0.2) is 0 Å². The highest BCUT2D eigenvalue weighted by atomic mass is 19.4. The number of alkyl halides is 3. The summed E-state index contributed by atoms with van der Waals surface area (Å²) in [7, 11) is 1.30. The van der Waals surface area contributed by atoms with Crippen molar-refractivity contribution in [1.29, 1.82) is 0 Å². The number of phenolic OH excluding ortho intramolecular Hbond substituents is 1. The van der Waals surface area contributed by atoms with Crippen molar-refractivity contribution in [2.24, 2.45) is 0 Å². The highest BCUT2D eigenvalue weighted by Gasteiger charge is 2.37. The fourth-order valence-electron chi connectivity index (χ4n) is 2.18. The smallest absolute Gasteiger partial charge is 0.420 e. The van der Waals surface area contributed by atoms with Crippen LogP contribution in [0, 0.1) is 0 Å². The van der Waals surface area contributed by atoms with Crippen molar-refractivity contribution in [1.82, 2.24) is 5.32 Å². The van der Waals surface area contributed by atoms with Crippen molar-refractivity contribution < 1.29 is 23.0 Å². The molecule has 2 N–H and O–H groups in total. The van der Waals surface area contributed by atoms with Crippen LogP contribution in [0.15, 0.2) is 12.1 Å². The number of hydrogen-bond donors (Lipinski definition) is 2. The van der Waals surface area contributed by atoms with Gasteiger partial charge >= 0.3 is 6.18 Å². The standard InChI is InChI=1S/C12H14F3NO2/c1-18-7-5-8(10-3-2-4-16-10)11(17)9(6-7)12(13,14)15/h5-6,10,16-17H,2-4H2,1H3. The van der Waals surface area contributed by atoms with E-state index >= 15 is 0 Å². The Morgan fingerprint density at radius 3 is 2.61 bits per heavy atom. The number of nitrogens with one attached hydrogen (secondary N) is 1. The summed E-state index contributed by atoms with van der Waals surface area (Å²) in [6.45, 7) is 0.739. The van der Waals surface area contributed by atoms with E-state index in [9.17, 15) is 18.3 Å². The molecule has 0 spiro atoms. The second kappa shape index (κ2) is 4.68. The number of ether oxygens (including phenoxy) is 1. The second-order valence-electron chi connectivity index (χ2n) is 4.26. The maximum absolute atomic E-state index is 12.8. The Balaban J connectivity index is 2.51. The van der Waals surface area contributed by atoms with Gasteiger partial charge in [-0.3, -0.25) is 0 Å². The van der Waals surface area contributed by atoms with Gasteiger partial charge in [0.2, 0.25) is 0 Å². The van der Waals surface area contributed by atoms with Crippen molar-refractivity contribution >= 4 is 0 Å². The van der Waals surface area contributed by atoms with E-state index in [1.54, 1.807) is 0 Å². The molecule has 0 amide bonds. The maximum atomic E-state index is 12.8. The quantitative estimate of drug-likeness (QED) is 0.860. The van der Waals surface area contributed by atoms with E-state index in [0.717, 1.165) is 19.0 Å². The number of methoxy groups -OCH3 is 1. The molecule has 100 valence electrons. The molecule has 0 saturated carbocycles. The number of phenols is 1. The Hall–Kier alpha value is -1.43. The molecule has 0 aliphatic carbocycles. The first-order valence-electron chi connectivity index (χ1n) is 5.65. The first-order valence-corrected chi connectivity index (χ1v) is 5.65. The normalized spacial score (nSPS) is 20.1. The summed E-state index contributed by atoms with van der Waals surface area (Å²) in [5, 5.41) is 12.9. The zero-order valence-corrected chi connectivity index (χ0v) is 9.84. The molecular formula is C12H14F3NO2. The summed E-state index contributed by atoms with van der Waals surface area (Å²) in [6, 6.07) is 2.02. The predicted octanol–water partition coefficient (Wildman–Crippen LogP) is 2.84. The lowest BCUT2D eigenvalue weighted by atomic mass is 10.00. The minimum absolute atomic E-state index is 0.101. The van der Waals surface area contributed by atoms with Crippen LogP contribution in [0.25, 0.3) is 0 Å². The van der Waals surface area contributed by atoms with Crippen LogP contribution >= 0.6 is 0 Å². The molecule has 0 radical (unpaired) electrons. The molecule has 1 aromatic rings. The van der Waals surface area contributed by atoms with Gasteiger partial charge in [0, 0.05) is 11.6 Å². The maximum Gasteiger partial charge on any atom is 0.420 e. The van der Waals surface area contributed by atoms with E-state index in [4.69, 9.17) is 4.74 Å². The highest BCUT2D eigenvalue weighted by molar-refractivity contribution is 5.49. The van der Waals surface area contributed by atoms with Crippen molar-refractivity contribution in [3.8, 4) is 11.5 Å². The van der Waals surface area contributed by atoms with Crippen LogP contribution in [0.2, 0.25) is 0 Å². The van der Waals surface area contributed by atoms with E-state index in [1.807, 2.05) is 0 Å². The van der Waals surface area contributed by atoms with E-state index in [0.29, 0.717) is 6.42 Å². The number of benzene rings is 1. The van der Waals surface area contributed by atoms with Crippen molar-refractivity contribution in [3.63, 3.8) is 0 Å². The molecule has 0 bridgehead atoms. The van der Waals surface area contributed by atoms with Gasteiger partial charge < -0.3 is 15.2 Å². The number of rotatable bonds is 2. The largest absolute Gasteiger partial charge is 0.507 e. The molecule has 0 aromatic heterocycles. The van der Waals surface area contributed by atoms with Crippen LogP contribution in [0.4, 0.5) is 13.2 Å². The molecule has 2 rings (SSSR count). The fraction of sp³-hybridized carbons (Fsp3) is 0.500. The van der Waals surface area contributed by atoms with Gasteiger partial charge in [0.1, 0.15) is 17.1 Å². The van der Waals surface area contributed by atoms with Crippen molar-refractivity contribution in [2.75, 3.05) is 13.7 Å². The zero-order chi connectivity index (χ0) is 13.3. The predicted molar refractivity (Wildman–Crippen MR) is 59.6 cm³/mol. The lowest BCUT2D eigenvalue weighted by Gasteiger charge is -2.18. The van der Waals surface area contributed by atoms with Crippen LogP contribution < -0.4 is 10.1 Å². The Morgan fingerprint density at radius 1 is 1.39 bits per heavy atom. The summed E-state index contributed by atoms with van der Waals surface area (Å²) in [4.78, 5) is 0. The van der Waals surface area contributed by atoms with Crippen molar-refractivity contribution in [3.05, 3.63) is 23.3 Å². The van der Waals surface area contributed by atoms with E-state index < -0.39 is 17.5 Å². The van der Waals surface area contributed by atoms with Gasteiger partial charge in [-0.05, 0) is 31.5 Å². The lowest BCUT2D eigenvalue weighted by Crippen LogP contribution is -2.15. The Kier molecular flexibility index (Phi) is 3.38. The zero-order valence-electron chi connectivity index (χ0n) is 9.84. The van der Waals surface area contributed by atoms with Gasteiger partial charge in [-0.15, -0.1) is 0 Å². The van der Waals surface area contributed by atoms with E-state index in [2.05, 4.69) is 5.32 Å². The van der Waals surface area contributed by atoms with Crippen LogP contribution in [0.3, 0.4) is 0 Å². The molecular weight excluding hydrogens is 247 g/mol. The van der Waals surface area contributed by atoms with Gasteiger partial charge in [0.15, 0.2) is 0 Å². The van der Waals surface area contributed by atoms with Gasteiger partial charge in [-0.1, -0.05) is 0 Å². The third-order valence-electron chi connectivity index (χ3n) is 3.09. The molecule has 1 heterocycles.